The van der Waals surface area contributed by atoms with Crippen molar-refractivity contribution in [3.05, 3.63) is 33.1 Å². The van der Waals surface area contributed by atoms with Crippen molar-refractivity contribution in [1.82, 2.24) is 4.90 Å². The van der Waals surface area contributed by atoms with Gasteiger partial charge in [0.15, 0.2) is 0 Å². The fourth-order valence-electron chi connectivity index (χ4n) is 1.22. The van der Waals surface area contributed by atoms with Gasteiger partial charge in [-0.3, -0.25) is 4.79 Å². The molecule has 0 aromatic heterocycles. The highest BCUT2D eigenvalue weighted by Crippen LogP contribution is 2.20. The van der Waals surface area contributed by atoms with Crippen LogP contribution in [0.3, 0.4) is 0 Å². The van der Waals surface area contributed by atoms with Gasteiger partial charge >= 0.3 is 0 Å². The van der Waals surface area contributed by atoms with E-state index in [0.29, 0.717) is 9.13 Å². The summed E-state index contributed by atoms with van der Waals surface area (Å²) in [6.07, 6.45) is 0. The van der Waals surface area contributed by atoms with E-state index in [2.05, 4.69) is 0 Å². The number of rotatable bonds is 3. The summed E-state index contributed by atoms with van der Waals surface area (Å²) in [4.78, 5) is 13.6. The molecule has 1 amide bonds. The number of hydrogen-bond acceptors (Lipinski definition) is 2. The molecule has 0 heterocycles. The van der Waals surface area contributed by atoms with Crippen molar-refractivity contribution in [3.63, 3.8) is 0 Å². The van der Waals surface area contributed by atoms with Crippen LogP contribution in [0.4, 0.5) is 4.39 Å². The average molecular weight is 351 g/mol. The van der Waals surface area contributed by atoms with E-state index >= 15 is 0 Å². The minimum atomic E-state index is -0.644. The van der Waals surface area contributed by atoms with E-state index in [1.54, 1.807) is 20.9 Å². The Bertz CT molecular complexity index is 435. The van der Waals surface area contributed by atoms with Crippen LogP contribution in [0.5, 0.6) is 0 Å². The van der Waals surface area contributed by atoms with Crippen molar-refractivity contribution >= 4 is 28.5 Å². The highest BCUT2D eigenvalue weighted by atomic mass is 127. The molecule has 5 heteroatoms. The number of amides is 1. The zero-order valence-electron chi connectivity index (χ0n) is 10.00. The summed E-state index contributed by atoms with van der Waals surface area (Å²) in [5.41, 5.74) is -0.204. The topological polar surface area (TPSA) is 40.5 Å². The number of nitrogens with zero attached hydrogens (tertiary/aromatic N) is 1. The molecule has 0 bridgehead atoms. The molecule has 0 saturated carbocycles. The van der Waals surface area contributed by atoms with Gasteiger partial charge in [-0.1, -0.05) is 0 Å². The van der Waals surface area contributed by atoms with Crippen LogP contribution in [-0.4, -0.2) is 35.1 Å². The molecule has 0 spiro atoms. The Morgan fingerprint density at radius 3 is 2.59 bits per heavy atom. The van der Waals surface area contributed by atoms with Crippen molar-refractivity contribution in [2.45, 2.75) is 19.4 Å². The van der Waals surface area contributed by atoms with Crippen LogP contribution in [0, 0.1) is 9.39 Å². The molecular formula is C12H15FINO2. The monoisotopic (exact) mass is 351 g/mol. The van der Waals surface area contributed by atoms with Gasteiger partial charge < -0.3 is 10.0 Å². The highest BCUT2D eigenvalue weighted by Gasteiger charge is 2.28. The van der Waals surface area contributed by atoms with E-state index in [-0.39, 0.29) is 18.3 Å². The summed E-state index contributed by atoms with van der Waals surface area (Å²) in [5, 5.41) is 9.22. The van der Waals surface area contributed by atoms with Crippen molar-refractivity contribution < 1.29 is 14.3 Å². The van der Waals surface area contributed by atoms with Crippen LogP contribution in [-0.2, 0) is 0 Å². The number of benzene rings is 1. The van der Waals surface area contributed by atoms with Gasteiger partial charge in [-0.05, 0) is 54.6 Å². The molecule has 0 aliphatic carbocycles. The minimum absolute atomic E-state index is 0.132. The third-order valence-corrected chi connectivity index (χ3v) is 3.65. The predicted octanol–water partition coefficient (Wildman–Crippen LogP) is 2.27. The number of aliphatic hydroxyl groups is 1. The van der Waals surface area contributed by atoms with Gasteiger partial charge in [-0.25, -0.2) is 4.39 Å². The van der Waals surface area contributed by atoms with Gasteiger partial charge in [0.25, 0.3) is 5.91 Å². The van der Waals surface area contributed by atoms with Gasteiger partial charge in [-0.2, -0.15) is 0 Å². The fourth-order valence-corrected chi connectivity index (χ4v) is 1.93. The average Bonchev–Trinajstić information content (AvgIpc) is 2.27. The Balaban J connectivity index is 3.05. The van der Waals surface area contributed by atoms with Gasteiger partial charge in [0.05, 0.1) is 17.7 Å². The maximum Gasteiger partial charge on any atom is 0.255 e. The quantitative estimate of drug-likeness (QED) is 0.849. The van der Waals surface area contributed by atoms with E-state index in [9.17, 15) is 14.3 Å². The van der Waals surface area contributed by atoms with Crippen LogP contribution < -0.4 is 0 Å². The van der Waals surface area contributed by atoms with Crippen molar-refractivity contribution in [1.29, 1.82) is 0 Å². The number of hydrogen-bond donors (Lipinski definition) is 1. The Morgan fingerprint density at radius 1 is 1.53 bits per heavy atom. The molecule has 0 atom stereocenters. The lowest BCUT2D eigenvalue weighted by Gasteiger charge is -2.34. The predicted molar refractivity (Wildman–Crippen MR) is 72.4 cm³/mol. The van der Waals surface area contributed by atoms with Crippen molar-refractivity contribution in [2.24, 2.45) is 0 Å². The summed E-state index contributed by atoms with van der Waals surface area (Å²) < 4.78 is 13.5. The standard InChI is InChI=1S/C12H15FINO2/c1-12(2,7-16)15(3)11(17)9-5-4-8(13)6-10(9)14/h4-6,16H,7H2,1-3H3. The number of carbonyl (C=O) groups is 1. The molecule has 0 unspecified atom stereocenters. The molecule has 1 rings (SSSR count). The first-order chi connectivity index (χ1) is 7.79. The fraction of sp³-hybridized carbons (Fsp3) is 0.417. The lowest BCUT2D eigenvalue weighted by molar-refractivity contribution is 0.0472. The second-order valence-corrected chi connectivity index (χ2v) is 5.62. The van der Waals surface area contributed by atoms with Crippen LogP contribution in [0.15, 0.2) is 18.2 Å². The Labute approximate surface area is 114 Å². The number of aliphatic hydroxyl groups excluding tert-OH is 1. The van der Waals surface area contributed by atoms with Crippen LogP contribution in [0.1, 0.15) is 24.2 Å². The summed E-state index contributed by atoms with van der Waals surface area (Å²) >= 11 is 1.92. The third-order valence-electron chi connectivity index (χ3n) is 2.76. The first kappa shape index (κ1) is 14.4. The van der Waals surface area contributed by atoms with E-state index in [0.717, 1.165) is 0 Å². The van der Waals surface area contributed by atoms with E-state index in [4.69, 9.17) is 0 Å². The van der Waals surface area contributed by atoms with Crippen molar-refractivity contribution in [2.75, 3.05) is 13.7 Å². The molecule has 0 saturated heterocycles. The van der Waals surface area contributed by atoms with Gasteiger partial charge in [0, 0.05) is 10.6 Å². The SMILES string of the molecule is CN(C(=O)c1ccc(F)cc1I)C(C)(C)CO. The molecule has 1 aromatic rings. The molecule has 3 nitrogen and oxygen atoms in total. The summed E-state index contributed by atoms with van der Waals surface area (Å²) in [5.74, 6) is -0.594. The molecule has 17 heavy (non-hydrogen) atoms. The lowest BCUT2D eigenvalue weighted by Crippen LogP contribution is -2.47. The third kappa shape index (κ3) is 3.16. The van der Waals surface area contributed by atoms with Crippen LogP contribution in [0.25, 0.3) is 0 Å². The maximum absolute atomic E-state index is 12.9. The second-order valence-electron chi connectivity index (χ2n) is 4.46. The largest absolute Gasteiger partial charge is 0.394 e. The minimum Gasteiger partial charge on any atom is -0.394 e. The van der Waals surface area contributed by atoms with Gasteiger partial charge in [0.1, 0.15) is 5.82 Å². The molecule has 94 valence electrons. The molecule has 0 fully saturated rings. The summed E-state index contributed by atoms with van der Waals surface area (Å²) in [6, 6.07) is 4.03. The van der Waals surface area contributed by atoms with Crippen LogP contribution in [0.2, 0.25) is 0 Å². The first-order valence-electron chi connectivity index (χ1n) is 5.13. The van der Waals surface area contributed by atoms with Gasteiger partial charge in [-0.15, -0.1) is 0 Å². The smallest absolute Gasteiger partial charge is 0.255 e. The van der Waals surface area contributed by atoms with E-state index in [1.165, 1.54) is 23.1 Å². The Kier molecular flexibility index (Phi) is 4.48. The molecule has 1 aromatic carbocycles. The molecule has 0 aliphatic heterocycles. The second kappa shape index (κ2) is 5.30. The van der Waals surface area contributed by atoms with E-state index in [1.807, 2.05) is 22.6 Å². The molecule has 0 radical (unpaired) electrons. The van der Waals surface area contributed by atoms with E-state index < -0.39 is 5.54 Å². The molecule has 0 aliphatic rings. The number of carbonyl (C=O) groups excluding carboxylic acids is 1. The first-order valence-corrected chi connectivity index (χ1v) is 6.21. The molecule has 1 N–H and O–H groups in total. The molecular weight excluding hydrogens is 336 g/mol. The van der Waals surface area contributed by atoms with Crippen molar-refractivity contribution in [3.8, 4) is 0 Å². The number of likely N-dealkylation sites (N-methyl/N-ethyl adjacent to an activating group) is 1. The Hall–Kier alpha value is -0.690. The number of halogens is 2. The zero-order valence-corrected chi connectivity index (χ0v) is 12.2. The maximum atomic E-state index is 12.9. The summed E-state index contributed by atoms with van der Waals surface area (Å²) in [6.45, 7) is 3.40. The zero-order chi connectivity index (χ0) is 13.2. The Morgan fingerprint density at radius 2 is 2.12 bits per heavy atom. The highest BCUT2D eigenvalue weighted by molar-refractivity contribution is 14.1. The van der Waals surface area contributed by atoms with Gasteiger partial charge in [0.2, 0.25) is 0 Å². The summed E-state index contributed by atoms with van der Waals surface area (Å²) in [7, 11) is 1.62. The lowest BCUT2D eigenvalue weighted by atomic mass is 10.0. The van der Waals surface area contributed by atoms with Crippen LogP contribution >= 0.6 is 22.6 Å². The normalized spacial score (nSPS) is 11.4.